The number of halogens is 1. The molecule has 0 aliphatic carbocycles. The molecule has 1 heterocycles. The van der Waals surface area contributed by atoms with Crippen LogP contribution in [0.5, 0.6) is 5.75 Å². The van der Waals surface area contributed by atoms with Crippen LogP contribution in [-0.2, 0) is 4.79 Å². The first kappa shape index (κ1) is 17.5. The summed E-state index contributed by atoms with van der Waals surface area (Å²) in [6, 6.07) is 7.05. The van der Waals surface area contributed by atoms with Gasteiger partial charge in [0.15, 0.2) is 6.61 Å². The maximum atomic E-state index is 11.9. The molecule has 124 valence electrons. The lowest BCUT2D eigenvalue weighted by atomic mass is 9.98. The Morgan fingerprint density at radius 1 is 1.35 bits per heavy atom. The largest absolute Gasteiger partial charge is 0.481 e. The summed E-state index contributed by atoms with van der Waals surface area (Å²) < 4.78 is 5.55. The number of benzene rings is 1. The third kappa shape index (κ3) is 4.33. The lowest BCUT2D eigenvalue weighted by molar-refractivity contribution is -0.124. The number of aromatic nitrogens is 1. The minimum Gasteiger partial charge on any atom is -0.481 e. The number of fused-ring (bicyclic) bond motifs is 1. The summed E-state index contributed by atoms with van der Waals surface area (Å²) in [7, 11) is 0. The molecular weight excluding hydrogens is 316 g/mol. The molecule has 1 aromatic carbocycles. The van der Waals surface area contributed by atoms with Gasteiger partial charge in [-0.25, -0.2) is 0 Å². The molecule has 1 aromatic heterocycles. The molecule has 23 heavy (non-hydrogen) atoms. The summed E-state index contributed by atoms with van der Waals surface area (Å²) in [4.78, 5) is 16.2. The van der Waals surface area contributed by atoms with E-state index in [9.17, 15) is 9.90 Å². The van der Waals surface area contributed by atoms with Crippen molar-refractivity contribution in [3.05, 3.63) is 35.5 Å². The van der Waals surface area contributed by atoms with Crippen molar-refractivity contribution in [2.45, 2.75) is 32.3 Å². The Hall–Kier alpha value is -1.85. The second kappa shape index (κ2) is 7.62. The average Bonchev–Trinajstić information content (AvgIpc) is 2.59. The Bertz CT molecular complexity index is 687. The lowest BCUT2D eigenvalue weighted by Crippen LogP contribution is -2.43. The van der Waals surface area contributed by atoms with Gasteiger partial charge in [-0.2, -0.15) is 0 Å². The Labute approximate surface area is 140 Å². The van der Waals surface area contributed by atoms with Crippen LogP contribution >= 0.6 is 11.6 Å². The number of pyridine rings is 1. The predicted octanol–water partition coefficient (Wildman–Crippen LogP) is 2.93. The zero-order chi connectivity index (χ0) is 16.9. The minimum absolute atomic E-state index is 0.142. The van der Waals surface area contributed by atoms with Crippen molar-refractivity contribution in [3.8, 4) is 5.75 Å². The number of hydrogen-bond acceptors (Lipinski definition) is 4. The molecule has 0 aliphatic rings. The fourth-order valence-corrected chi connectivity index (χ4v) is 2.40. The fraction of sp³-hybridized carbons (Fsp3) is 0.412. The van der Waals surface area contributed by atoms with E-state index in [-0.39, 0.29) is 19.1 Å². The van der Waals surface area contributed by atoms with Crippen molar-refractivity contribution in [1.82, 2.24) is 10.3 Å². The normalized spacial score (nSPS) is 11.5. The highest BCUT2D eigenvalue weighted by Gasteiger charge is 2.22. The average molecular weight is 337 g/mol. The second-order valence-electron chi connectivity index (χ2n) is 5.44. The third-order valence-electron chi connectivity index (χ3n) is 3.97. The van der Waals surface area contributed by atoms with Gasteiger partial charge in [0.05, 0.1) is 10.6 Å². The third-order valence-corrected chi connectivity index (χ3v) is 4.30. The highest BCUT2D eigenvalue weighted by molar-refractivity contribution is 6.35. The zero-order valence-electron chi connectivity index (χ0n) is 13.3. The maximum Gasteiger partial charge on any atom is 0.258 e. The van der Waals surface area contributed by atoms with E-state index in [1.807, 2.05) is 19.9 Å². The quantitative estimate of drug-likeness (QED) is 0.815. The van der Waals surface area contributed by atoms with E-state index in [0.717, 1.165) is 5.39 Å². The minimum atomic E-state index is -0.871. The summed E-state index contributed by atoms with van der Waals surface area (Å²) in [5.41, 5.74) is -0.254. The van der Waals surface area contributed by atoms with Gasteiger partial charge in [0.1, 0.15) is 11.3 Å². The van der Waals surface area contributed by atoms with Crippen molar-refractivity contribution in [1.29, 1.82) is 0 Å². The van der Waals surface area contributed by atoms with Crippen molar-refractivity contribution >= 4 is 28.4 Å². The van der Waals surface area contributed by atoms with Gasteiger partial charge in [-0.15, -0.1) is 0 Å². The monoisotopic (exact) mass is 336 g/mol. The highest BCUT2D eigenvalue weighted by Crippen LogP contribution is 2.29. The SMILES string of the molecule is CCC(O)(CC)CNC(=O)COc1ccc(Cl)c2cccnc12. The van der Waals surface area contributed by atoms with Crippen LogP contribution in [0.4, 0.5) is 0 Å². The van der Waals surface area contributed by atoms with Crippen molar-refractivity contribution < 1.29 is 14.6 Å². The number of carbonyl (C=O) groups is 1. The number of rotatable bonds is 7. The molecule has 0 saturated carbocycles. The van der Waals surface area contributed by atoms with Crippen LogP contribution in [-0.4, -0.2) is 34.8 Å². The van der Waals surface area contributed by atoms with E-state index in [1.165, 1.54) is 0 Å². The van der Waals surface area contributed by atoms with Crippen molar-refractivity contribution in [2.75, 3.05) is 13.2 Å². The molecular formula is C17H21ClN2O3. The Kier molecular flexibility index (Phi) is 5.80. The van der Waals surface area contributed by atoms with Crippen LogP contribution in [0, 0.1) is 0 Å². The van der Waals surface area contributed by atoms with E-state index in [4.69, 9.17) is 16.3 Å². The number of hydrogen-bond donors (Lipinski definition) is 2. The van der Waals surface area contributed by atoms with Gasteiger partial charge in [0.2, 0.25) is 0 Å². The summed E-state index contributed by atoms with van der Waals surface area (Å²) in [5, 5.41) is 14.2. The van der Waals surface area contributed by atoms with Crippen molar-refractivity contribution in [2.24, 2.45) is 0 Å². The standard InChI is InChI=1S/C17H21ClN2O3/c1-3-17(22,4-2)11-20-15(21)10-23-14-8-7-13(18)12-6-5-9-19-16(12)14/h5-9,22H,3-4,10-11H2,1-2H3,(H,20,21). The second-order valence-corrected chi connectivity index (χ2v) is 5.85. The summed E-state index contributed by atoms with van der Waals surface area (Å²) in [6.45, 7) is 3.84. The van der Waals surface area contributed by atoms with Crippen LogP contribution in [0.15, 0.2) is 30.5 Å². The molecule has 0 atom stereocenters. The topological polar surface area (TPSA) is 71.5 Å². The number of nitrogens with one attached hydrogen (secondary N) is 1. The van der Waals surface area contributed by atoms with E-state index in [0.29, 0.717) is 29.1 Å². The molecule has 2 N–H and O–H groups in total. The van der Waals surface area contributed by atoms with Crippen LogP contribution < -0.4 is 10.1 Å². The molecule has 0 unspecified atom stereocenters. The number of ether oxygens (including phenoxy) is 1. The van der Waals surface area contributed by atoms with Gasteiger partial charge in [-0.1, -0.05) is 25.4 Å². The predicted molar refractivity (Wildman–Crippen MR) is 90.8 cm³/mol. The van der Waals surface area contributed by atoms with E-state index >= 15 is 0 Å². The van der Waals surface area contributed by atoms with Crippen molar-refractivity contribution in [3.63, 3.8) is 0 Å². The van der Waals surface area contributed by atoms with E-state index < -0.39 is 5.60 Å². The molecule has 5 nitrogen and oxygen atoms in total. The molecule has 0 aliphatic heterocycles. The number of carbonyl (C=O) groups excluding carboxylic acids is 1. The van der Waals surface area contributed by atoms with Gasteiger partial charge < -0.3 is 15.2 Å². The molecule has 0 saturated heterocycles. The van der Waals surface area contributed by atoms with Gasteiger partial charge in [-0.05, 0) is 37.1 Å². The highest BCUT2D eigenvalue weighted by atomic mass is 35.5. The van der Waals surface area contributed by atoms with Crippen LogP contribution in [0.3, 0.4) is 0 Å². The van der Waals surface area contributed by atoms with Gasteiger partial charge in [0, 0.05) is 18.1 Å². The van der Waals surface area contributed by atoms with Crippen LogP contribution in [0.25, 0.3) is 10.9 Å². The first-order valence-corrected chi connectivity index (χ1v) is 8.02. The van der Waals surface area contributed by atoms with E-state index in [1.54, 1.807) is 24.4 Å². The maximum absolute atomic E-state index is 11.9. The summed E-state index contributed by atoms with van der Waals surface area (Å²) in [6.07, 6.45) is 2.81. The number of amides is 1. The first-order chi connectivity index (χ1) is 11.0. The molecule has 0 bridgehead atoms. The molecule has 6 heteroatoms. The summed E-state index contributed by atoms with van der Waals surface area (Å²) in [5.74, 6) is 0.214. The number of aliphatic hydroxyl groups is 1. The molecule has 0 fully saturated rings. The zero-order valence-corrected chi connectivity index (χ0v) is 14.1. The van der Waals surface area contributed by atoms with Crippen LogP contribution in [0.2, 0.25) is 5.02 Å². The Morgan fingerprint density at radius 3 is 2.78 bits per heavy atom. The van der Waals surface area contributed by atoms with Gasteiger partial charge >= 0.3 is 0 Å². The lowest BCUT2D eigenvalue weighted by Gasteiger charge is -2.25. The molecule has 0 radical (unpaired) electrons. The number of nitrogens with zero attached hydrogens (tertiary/aromatic N) is 1. The smallest absolute Gasteiger partial charge is 0.258 e. The first-order valence-electron chi connectivity index (χ1n) is 7.64. The molecule has 2 rings (SSSR count). The fourth-order valence-electron chi connectivity index (χ4n) is 2.19. The Morgan fingerprint density at radius 2 is 2.09 bits per heavy atom. The van der Waals surface area contributed by atoms with Gasteiger partial charge in [0.25, 0.3) is 5.91 Å². The molecule has 2 aromatic rings. The summed E-state index contributed by atoms with van der Waals surface area (Å²) >= 11 is 6.12. The van der Waals surface area contributed by atoms with Crippen LogP contribution in [0.1, 0.15) is 26.7 Å². The Balaban J connectivity index is 1.99. The van der Waals surface area contributed by atoms with Gasteiger partial charge in [-0.3, -0.25) is 9.78 Å². The van der Waals surface area contributed by atoms with E-state index in [2.05, 4.69) is 10.3 Å². The molecule has 0 spiro atoms. The molecule has 1 amide bonds.